The Bertz CT molecular complexity index is 442. The lowest BCUT2D eigenvalue weighted by Crippen LogP contribution is -2.37. The van der Waals surface area contributed by atoms with Gasteiger partial charge in [0.15, 0.2) is 0 Å². The van der Waals surface area contributed by atoms with Crippen LogP contribution in [0.5, 0.6) is 5.75 Å². The topological polar surface area (TPSA) is 64.8 Å². The molecule has 0 bridgehead atoms. The fourth-order valence-electron chi connectivity index (χ4n) is 2.09. The van der Waals surface area contributed by atoms with E-state index < -0.39 is 0 Å². The summed E-state index contributed by atoms with van der Waals surface area (Å²) in [6, 6.07) is 5.35. The molecule has 0 aromatic heterocycles. The Labute approximate surface area is 106 Å². The van der Waals surface area contributed by atoms with Crippen LogP contribution < -0.4 is 10.5 Å². The van der Waals surface area contributed by atoms with E-state index in [0.29, 0.717) is 30.2 Å². The number of anilines is 1. The lowest BCUT2D eigenvalue weighted by Gasteiger charge is -2.24. The standard InChI is InChI=1S/C13H18N2O3/c1-15(9-6-7-18-8-9)13(16)10-4-3-5-11(17-2)12(10)14/h3-5,9H,6-8,14H2,1-2H3. The lowest BCUT2D eigenvalue weighted by molar-refractivity contribution is 0.0712. The van der Waals surface area contributed by atoms with Crippen LogP contribution in [0.25, 0.3) is 0 Å². The number of amides is 1. The normalized spacial score (nSPS) is 18.7. The minimum Gasteiger partial charge on any atom is -0.495 e. The summed E-state index contributed by atoms with van der Waals surface area (Å²) in [7, 11) is 3.31. The fourth-order valence-corrected chi connectivity index (χ4v) is 2.09. The summed E-state index contributed by atoms with van der Waals surface area (Å²) in [5.41, 5.74) is 6.79. The van der Waals surface area contributed by atoms with Crippen LogP contribution in [0.4, 0.5) is 5.69 Å². The van der Waals surface area contributed by atoms with Crippen molar-refractivity contribution in [1.29, 1.82) is 0 Å². The van der Waals surface area contributed by atoms with Gasteiger partial charge in [-0.2, -0.15) is 0 Å². The Morgan fingerprint density at radius 3 is 2.94 bits per heavy atom. The zero-order valence-corrected chi connectivity index (χ0v) is 10.7. The van der Waals surface area contributed by atoms with Gasteiger partial charge in [-0.3, -0.25) is 4.79 Å². The van der Waals surface area contributed by atoms with E-state index in [2.05, 4.69) is 0 Å². The van der Waals surface area contributed by atoms with Gasteiger partial charge in [-0.15, -0.1) is 0 Å². The zero-order chi connectivity index (χ0) is 13.1. The molecule has 1 saturated heterocycles. The highest BCUT2D eigenvalue weighted by molar-refractivity contribution is 6.00. The number of nitrogens with zero attached hydrogens (tertiary/aromatic N) is 1. The van der Waals surface area contributed by atoms with Crippen molar-refractivity contribution in [1.82, 2.24) is 4.90 Å². The Kier molecular flexibility index (Phi) is 3.72. The third-order valence-corrected chi connectivity index (χ3v) is 3.29. The van der Waals surface area contributed by atoms with Gasteiger partial charge in [0, 0.05) is 13.7 Å². The van der Waals surface area contributed by atoms with Gasteiger partial charge in [0.1, 0.15) is 5.75 Å². The molecule has 1 atom stereocenters. The minimum atomic E-state index is -0.0955. The van der Waals surface area contributed by atoms with Gasteiger partial charge < -0.3 is 20.1 Å². The van der Waals surface area contributed by atoms with Crippen molar-refractivity contribution in [2.45, 2.75) is 12.5 Å². The molecule has 1 fully saturated rings. The highest BCUT2D eigenvalue weighted by Crippen LogP contribution is 2.26. The molecule has 0 saturated carbocycles. The van der Waals surface area contributed by atoms with Crippen LogP contribution in [-0.4, -0.2) is 44.2 Å². The smallest absolute Gasteiger partial charge is 0.256 e. The highest BCUT2D eigenvalue weighted by atomic mass is 16.5. The number of carbonyl (C=O) groups is 1. The molecule has 1 unspecified atom stereocenters. The maximum absolute atomic E-state index is 12.4. The van der Waals surface area contributed by atoms with E-state index in [0.717, 1.165) is 6.42 Å². The molecular weight excluding hydrogens is 232 g/mol. The number of rotatable bonds is 3. The Balaban J connectivity index is 2.22. The van der Waals surface area contributed by atoms with E-state index in [1.807, 2.05) is 0 Å². The van der Waals surface area contributed by atoms with Crippen molar-refractivity contribution in [2.75, 3.05) is 33.1 Å². The van der Waals surface area contributed by atoms with Gasteiger partial charge in [0.25, 0.3) is 5.91 Å². The first-order valence-electron chi connectivity index (χ1n) is 5.92. The summed E-state index contributed by atoms with van der Waals surface area (Å²) in [6.07, 6.45) is 0.867. The van der Waals surface area contributed by atoms with E-state index >= 15 is 0 Å². The first-order chi connectivity index (χ1) is 8.65. The molecule has 1 heterocycles. The summed E-state index contributed by atoms with van der Waals surface area (Å²) >= 11 is 0. The van der Waals surface area contributed by atoms with Crippen LogP contribution in [0.2, 0.25) is 0 Å². The summed E-state index contributed by atoms with van der Waals surface area (Å²) in [5.74, 6) is 0.429. The van der Waals surface area contributed by atoms with Crippen molar-refractivity contribution >= 4 is 11.6 Å². The SMILES string of the molecule is COc1cccc(C(=O)N(C)C2CCOC2)c1N. The number of hydrogen-bond donors (Lipinski definition) is 1. The minimum absolute atomic E-state index is 0.0955. The van der Waals surface area contributed by atoms with Crippen molar-refractivity contribution in [3.8, 4) is 5.75 Å². The van der Waals surface area contributed by atoms with Gasteiger partial charge in [-0.25, -0.2) is 0 Å². The third kappa shape index (κ3) is 2.26. The van der Waals surface area contributed by atoms with Crippen LogP contribution in [0.1, 0.15) is 16.8 Å². The predicted octanol–water partition coefficient (Wildman–Crippen LogP) is 1.14. The molecule has 1 aliphatic rings. The van der Waals surface area contributed by atoms with Crippen LogP contribution in [0.3, 0.4) is 0 Å². The molecule has 5 heteroatoms. The Morgan fingerprint density at radius 2 is 2.33 bits per heavy atom. The van der Waals surface area contributed by atoms with Crippen molar-refractivity contribution in [3.05, 3.63) is 23.8 Å². The number of nitrogens with two attached hydrogens (primary N) is 1. The summed E-state index contributed by atoms with van der Waals surface area (Å²) < 4.78 is 10.4. The number of methoxy groups -OCH3 is 1. The molecule has 5 nitrogen and oxygen atoms in total. The second-order valence-corrected chi connectivity index (χ2v) is 4.35. The van der Waals surface area contributed by atoms with E-state index in [1.165, 1.54) is 7.11 Å². The highest BCUT2D eigenvalue weighted by Gasteiger charge is 2.26. The average molecular weight is 250 g/mol. The monoisotopic (exact) mass is 250 g/mol. The van der Waals surface area contributed by atoms with Gasteiger partial charge in [0.05, 0.1) is 31.0 Å². The number of likely N-dealkylation sites (N-methyl/N-ethyl adjacent to an activating group) is 1. The van der Waals surface area contributed by atoms with Gasteiger partial charge in [-0.1, -0.05) is 6.07 Å². The number of carbonyl (C=O) groups excluding carboxylic acids is 1. The molecule has 0 spiro atoms. The van der Waals surface area contributed by atoms with Crippen molar-refractivity contribution in [2.24, 2.45) is 0 Å². The van der Waals surface area contributed by atoms with Gasteiger partial charge in [-0.05, 0) is 18.6 Å². The largest absolute Gasteiger partial charge is 0.495 e. The number of para-hydroxylation sites is 1. The zero-order valence-electron chi connectivity index (χ0n) is 10.7. The van der Waals surface area contributed by atoms with E-state index in [4.69, 9.17) is 15.2 Å². The quantitative estimate of drug-likeness (QED) is 0.817. The molecule has 2 N–H and O–H groups in total. The molecule has 1 aromatic carbocycles. The van der Waals surface area contributed by atoms with E-state index in [-0.39, 0.29) is 11.9 Å². The summed E-state index contributed by atoms with van der Waals surface area (Å²) in [5, 5.41) is 0. The number of benzene rings is 1. The molecular formula is C13H18N2O3. The van der Waals surface area contributed by atoms with Crippen LogP contribution in [-0.2, 0) is 4.74 Å². The maximum atomic E-state index is 12.4. The molecule has 0 radical (unpaired) electrons. The Hall–Kier alpha value is -1.75. The van der Waals surface area contributed by atoms with Crippen LogP contribution >= 0.6 is 0 Å². The number of ether oxygens (including phenoxy) is 2. The summed E-state index contributed by atoms with van der Waals surface area (Å²) in [4.78, 5) is 14.0. The predicted molar refractivity (Wildman–Crippen MR) is 68.7 cm³/mol. The Morgan fingerprint density at radius 1 is 1.56 bits per heavy atom. The van der Waals surface area contributed by atoms with Crippen molar-refractivity contribution < 1.29 is 14.3 Å². The molecule has 1 aromatic rings. The van der Waals surface area contributed by atoms with Crippen LogP contribution in [0.15, 0.2) is 18.2 Å². The first kappa shape index (κ1) is 12.7. The molecule has 98 valence electrons. The third-order valence-electron chi connectivity index (χ3n) is 3.29. The van der Waals surface area contributed by atoms with E-state index in [1.54, 1.807) is 30.1 Å². The molecule has 1 aliphatic heterocycles. The molecule has 18 heavy (non-hydrogen) atoms. The van der Waals surface area contributed by atoms with E-state index in [9.17, 15) is 4.79 Å². The van der Waals surface area contributed by atoms with Crippen LogP contribution in [0, 0.1) is 0 Å². The van der Waals surface area contributed by atoms with Crippen molar-refractivity contribution in [3.63, 3.8) is 0 Å². The maximum Gasteiger partial charge on any atom is 0.256 e. The molecule has 2 rings (SSSR count). The number of hydrogen-bond acceptors (Lipinski definition) is 4. The summed E-state index contributed by atoms with van der Waals surface area (Å²) in [6.45, 7) is 1.29. The first-order valence-corrected chi connectivity index (χ1v) is 5.92. The second kappa shape index (κ2) is 5.27. The number of nitrogen functional groups attached to an aromatic ring is 1. The molecule has 1 amide bonds. The average Bonchev–Trinajstić information content (AvgIpc) is 2.91. The lowest BCUT2D eigenvalue weighted by atomic mass is 10.1. The molecule has 0 aliphatic carbocycles. The van der Waals surface area contributed by atoms with Gasteiger partial charge >= 0.3 is 0 Å². The van der Waals surface area contributed by atoms with Gasteiger partial charge in [0.2, 0.25) is 0 Å². The second-order valence-electron chi connectivity index (χ2n) is 4.35. The fraction of sp³-hybridized carbons (Fsp3) is 0.462.